The van der Waals surface area contributed by atoms with Gasteiger partial charge < -0.3 is 0 Å². The van der Waals surface area contributed by atoms with Crippen molar-refractivity contribution in [3.63, 3.8) is 0 Å². The zero-order chi connectivity index (χ0) is 32.1. The van der Waals surface area contributed by atoms with Crippen molar-refractivity contribution >= 4 is 54.3 Å². The lowest BCUT2D eigenvalue weighted by atomic mass is 9.66. The molecule has 232 valence electrons. The predicted octanol–water partition coefficient (Wildman–Crippen LogP) is 11.9. The van der Waals surface area contributed by atoms with Gasteiger partial charge in [-0.15, -0.1) is 0 Å². The van der Waals surface area contributed by atoms with Crippen LogP contribution in [0, 0.1) is 0 Å². The Bertz CT molecular complexity index is 2800. The monoisotopic (exact) mass is 627 g/mol. The van der Waals surface area contributed by atoms with E-state index < -0.39 is 0 Å². The highest BCUT2D eigenvalue weighted by atomic mass is 15.2. The molecule has 0 bridgehead atoms. The molecule has 1 fully saturated rings. The molecule has 2 aliphatic carbocycles. The van der Waals surface area contributed by atoms with Gasteiger partial charge in [-0.3, -0.25) is 4.57 Å². The van der Waals surface area contributed by atoms with Crippen molar-refractivity contribution in [2.24, 2.45) is 0 Å². The third-order valence-corrected chi connectivity index (χ3v) is 11.6. The van der Waals surface area contributed by atoms with Crippen molar-refractivity contribution in [1.29, 1.82) is 0 Å². The van der Waals surface area contributed by atoms with Gasteiger partial charge in [-0.05, 0) is 58.0 Å². The molecule has 11 rings (SSSR count). The van der Waals surface area contributed by atoms with E-state index in [-0.39, 0.29) is 5.41 Å². The van der Waals surface area contributed by atoms with Crippen LogP contribution >= 0.6 is 0 Å². The van der Waals surface area contributed by atoms with Gasteiger partial charge in [0.15, 0.2) is 0 Å². The van der Waals surface area contributed by atoms with Crippen LogP contribution in [0.4, 0.5) is 0 Å². The fraction of sp³-hybridized carbons (Fsp3) is 0.130. The summed E-state index contributed by atoms with van der Waals surface area (Å²) in [5.41, 5.74) is 11.3. The summed E-state index contributed by atoms with van der Waals surface area (Å²) in [7, 11) is 0. The Kier molecular flexibility index (Phi) is 5.60. The zero-order valence-electron chi connectivity index (χ0n) is 27.2. The highest BCUT2D eigenvalue weighted by Crippen LogP contribution is 2.61. The van der Waals surface area contributed by atoms with Gasteiger partial charge in [-0.2, -0.15) is 0 Å². The molecule has 7 aromatic carbocycles. The fourth-order valence-electron chi connectivity index (χ4n) is 9.58. The van der Waals surface area contributed by atoms with E-state index in [1.165, 1.54) is 86.8 Å². The quantitative estimate of drug-likeness (QED) is 0.179. The second kappa shape index (κ2) is 10.1. The Morgan fingerprint density at radius 3 is 2.08 bits per heavy atom. The first-order valence-corrected chi connectivity index (χ1v) is 17.7. The lowest BCUT2D eigenvalue weighted by Crippen LogP contribution is -2.28. The van der Waals surface area contributed by atoms with Gasteiger partial charge in [0.05, 0.1) is 22.2 Å². The second-order valence-electron chi connectivity index (χ2n) is 14.0. The number of nitrogens with zero attached hydrogens (tertiary/aromatic N) is 3. The number of fused-ring (bicyclic) bond motifs is 15. The molecule has 0 saturated heterocycles. The molecule has 0 unspecified atom stereocenters. The first kappa shape index (κ1) is 27.2. The Hall–Kier alpha value is -5.80. The molecule has 0 N–H and O–H groups in total. The molecule has 2 aromatic heterocycles. The third-order valence-electron chi connectivity index (χ3n) is 11.6. The maximum Gasteiger partial charge on any atom is 0.235 e. The third kappa shape index (κ3) is 3.62. The summed E-state index contributed by atoms with van der Waals surface area (Å²) in [4.78, 5) is 11.0. The average molecular weight is 628 g/mol. The Morgan fingerprint density at radius 2 is 1.22 bits per heavy atom. The molecule has 2 aliphatic rings. The van der Waals surface area contributed by atoms with Crippen LogP contribution in [0.3, 0.4) is 0 Å². The molecule has 3 heteroatoms. The van der Waals surface area contributed by atoms with Gasteiger partial charge in [-0.1, -0.05) is 147 Å². The molecule has 1 spiro atoms. The highest BCUT2D eigenvalue weighted by molar-refractivity contribution is 6.25. The highest BCUT2D eigenvalue weighted by Gasteiger charge is 2.46. The second-order valence-corrected chi connectivity index (χ2v) is 14.0. The molecular formula is C46H33N3. The van der Waals surface area contributed by atoms with Crippen LogP contribution in [0.5, 0.6) is 0 Å². The van der Waals surface area contributed by atoms with Gasteiger partial charge in [-0.25, -0.2) is 9.97 Å². The standard InChI is InChI=1S/C46H33N3/c1-3-16-30(17-4-1)42-36-26-25-29-15-5-6-18-31(29)43(36)48-45(47-42)49-38-24-12-10-22-35(38)40-41-39(32-19-7-8-20-33(32)44(40)49)34-21-9-11-23-37(34)46(41)27-13-2-14-28-46/h1,3-12,15-26H,2,13-14,27-28H2. The van der Waals surface area contributed by atoms with E-state index in [9.17, 15) is 0 Å². The van der Waals surface area contributed by atoms with Crippen LogP contribution in [0.1, 0.15) is 43.2 Å². The maximum absolute atomic E-state index is 5.53. The van der Waals surface area contributed by atoms with Crippen LogP contribution < -0.4 is 0 Å². The molecule has 0 amide bonds. The smallest absolute Gasteiger partial charge is 0.235 e. The van der Waals surface area contributed by atoms with Gasteiger partial charge in [0.25, 0.3) is 0 Å². The van der Waals surface area contributed by atoms with Crippen molar-refractivity contribution in [3.8, 4) is 28.3 Å². The summed E-state index contributed by atoms with van der Waals surface area (Å²) in [5.74, 6) is 0.715. The number of aromatic nitrogens is 3. The van der Waals surface area contributed by atoms with E-state index in [4.69, 9.17) is 9.97 Å². The molecule has 0 radical (unpaired) electrons. The van der Waals surface area contributed by atoms with Crippen LogP contribution in [-0.4, -0.2) is 14.5 Å². The predicted molar refractivity (Wildman–Crippen MR) is 204 cm³/mol. The molecule has 49 heavy (non-hydrogen) atoms. The van der Waals surface area contributed by atoms with Crippen LogP contribution in [-0.2, 0) is 5.41 Å². The van der Waals surface area contributed by atoms with Crippen molar-refractivity contribution in [2.45, 2.75) is 37.5 Å². The largest absolute Gasteiger partial charge is 0.277 e. The SMILES string of the molecule is c1ccc(-c2nc(-n3c4ccccc4c4c5c(c6ccccc6c43)-c3ccccc3C53CCCCC3)nc3c2ccc2ccccc23)cc1. The van der Waals surface area contributed by atoms with Gasteiger partial charge in [0.2, 0.25) is 5.95 Å². The van der Waals surface area contributed by atoms with E-state index in [0.29, 0.717) is 5.95 Å². The van der Waals surface area contributed by atoms with Gasteiger partial charge >= 0.3 is 0 Å². The molecule has 2 heterocycles. The van der Waals surface area contributed by atoms with Crippen LogP contribution in [0.15, 0.2) is 140 Å². The number of rotatable bonds is 2. The van der Waals surface area contributed by atoms with Crippen LogP contribution in [0.25, 0.3) is 82.6 Å². The van der Waals surface area contributed by atoms with E-state index in [1.807, 2.05) is 0 Å². The normalized spacial score (nSPS) is 15.1. The fourth-order valence-corrected chi connectivity index (χ4v) is 9.58. The summed E-state index contributed by atoms with van der Waals surface area (Å²) in [5, 5.41) is 8.60. The van der Waals surface area contributed by atoms with Gasteiger partial charge in [0, 0.05) is 37.9 Å². The number of hydrogen-bond donors (Lipinski definition) is 0. The Balaban J connectivity index is 1.36. The molecule has 0 aliphatic heterocycles. The topological polar surface area (TPSA) is 30.7 Å². The first-order chi connectivity index (χ1) is 24.3. The van der Waals surface area contributed by atoms with E-state index in [0.717, 1.165) is 33.1 Å². The van der Waals surface area contributed by atoms with Gasteiger partial charge in [0.1, 0.15) is 0 Å². The van der Waals surface area contributed by atoms with Crippen molar-refractivity contribution in [2.75, 3.05) is 0 Å². The maximum atomic E-state index is 5.53. The summed E-state index contributed by atoms with van der Waals surface area (Å²) >= 11 is 0. The molecular weight excluding hydrogens is 595 g/mol. The number of benzene rings is 7. The molecule has 3 nitrogen and oxygen atoms in total. The van der Waals surface area contributed by atoms with E-state index >= 15 is 0 Å². The van der Waals surface area contributed by atoms with Crippen molar-refractivity contribution in [1.82, 2.24) is 14.5 Å². The minimum atomic E-state index is -0.00292. The molecule has 1 saturated carbocycles. The van der Waals surface area contributed by atoms with Crippen LogP contribution in [0.2, 0.25) is 0 Å². The molecule has 0 atom stereocenters. The summed E-state index contributed by atoms with van der Waals surface area (Å²) in [6.45, 7) is 0. The molecule has 9 aromatic rings. The lowest BCUT2D eigenvalue weighted by Gasteiger charge is -2.36. The summed E-state index contributed by atoms with van der Waals surface area (Å²) in [6, 6.07) is 50.9. The lowest BCUT2D eigenvalue weighted by molar-refractivity contribution is 0.355. The Labute approximate surface area is 284 Å². The number of para-hydroxylation sites is 1. The Morgan fingerprint density at radius 1 is 0.531 bits per heavy atom. The first-order valence-electron chi connectivity index (χ1n) is 17.7. The van der Waals surface area contributed by atoms with E-state index in [2.05, 4.69) is 144 Å². The van der Waals surface area contributed by atoms with Crippen molar-refractivity contribution in [3.05, 3.63) is 151 Å². The minimum Gasteiger partial charge on any atom is -0.277 e. The van der Waals surface area contributed by atoms with Crippen molar-refractivity contribution < 1.29 is 0 Å². The zero-order valence-corrected chi connectivity index (χ0v) is 27.2. The number of hydrogen-bond acceptors (Lipinski definition) is 2. The minimum absolute atomic E-state index is 0.00292. The van der Waals surface area contributed by atoms with E-state index in [1.54, 1.807) is 0 Å². The average Bonchev–Trinajstić information content (AvgIpc) is 3.66. The summed E-state index contributed by atoms with van der Waals surface area (Å²) in [6.07, 6.45) is 6.17. The summed E-state index contributed by atoms with van der Waals surface area (Å²) < 4.78 is 2.39.